The highest BCUT2D eigenvalue weighted by molar-refractivity contribution is 6.56. The van der Waals surface area contributed by atoms with Crippen molar-refractivity contribution in [2.45, 2.75) is 0 Å². The lowest BCUT2D eigenvalue weighted by molar-refractivity contribution is 0.104. The normalized spacial score (nSPS) is 10.2. The van der Waals surface area contributed by atoms with Crippen LogP contribution in [0.5, 0.6) is 11.5 Å². The van der Waals surface area contributed by atoms with E-state index >= 15 is 0 Å². The fourth-order valence-corrected chi connectivity index (χ4v) is 1.45. The Kier molecular flexibility index (Phi) is 5.75. The third-order valence-corrected chi connectivity index (χ3v) is 2.39. The number of hydrogen-bond donors (Lipinski definition) is 0. The van der Waals surface area contributed by atoms with Crippen LogP contribution in [0.1, 0.15) is 10.4 Å². The molecule has 1 aromatic carbocycles. The lowest BCUT2D eigenvalue weighted by Gasteiger charge is -2.07. The van der Waals surface area contributed by atoms with Crippen molar-refractivity contribution in [3.63, 3.8) is 0 Å². The summed E-state index contributed by atoms with van der Waals surface area (Å²) in [6.45, 7) is 0. The number of benzene rings is 1. The molecule has 0 unspecified atom stereocenters. The number of carbonyl (C=O) groups excluding carboxylic acids is 1. The van der Waals surface area contributed by atoms with Crippen molar-refractivity contribution in [3.8, 4) is 11.5 Å². The molecule has 0 aliphatic rings. The Bertz CT molecular complexity index is 489. The number of halogens is 2. The van der Waals surface area contributed by atoms with Crippen LogP contribution >= 0.6 is 23.2 Å². The summed E-state index contributed by atoms with van der Waals surface area (Å²) >= 11 is 10.9. The smallest absolute Gasteiger partial charge is 0.189 e. The number of ether oxygens (including phenoxy) is 2. The summed E-state index contributed by atoms with van der Waals surface area (Å²) in [4.78, 5) is 11.9. The van der Waals surface area contributed by atoms with Crippen LogP contribution in [0.25, 0.3) is 0 Å². The third-order valence-electron chi connectivity index (χ3n) is 2.14. The summed E-state index contributed by atoms with van der Waals surface area (Å²) in [6.07, 6.45) is 4.23. The maximum Gasteiger partial charge on any atom is 0.189 e. The first kappa shape index (κ1) is 14.6. The van der Waals surface area contributed by atoms with E-state index < -0.39 is 0 Å². The van der Waals surface area contributed by atoms with Gasteiger partial charge in [-0.3, -0.25) is 4.79 Å². The van der Waals surface area contributed by atoms with Crippen LogP contribution in [0.2, 0.25) is 0 Å². The molecule has 0 aromatic heterocycles. The predicted octanol–water partition coefficient (Wildman–Crippen LogP) is 3.76. The molecule has 0 aliphatic carbocycles. The molecule has 5 heteroatoms. The average molecular weight is 287 g/mol. The molecule has 1 aromatic rings. The molecule has 0 radical (unpaired) electrons. The summed E-state index contributed by atoms with van der Waals surface area (Å²) in [5.74, 6) is 0.835. The average Bonchev–Trinajstić information content (AvgIpc) is 2.37. The van der Waals surface area contributed by atoms with Gasteiger partial charge in [0.25, 0.3) is 0 Å². The molecule has 1 rings (SSSR count). The van der Waals surface area contributed by atoms with Gasteiger partial charge >= 0.3 is 0 Å². The molecule has 0 bridgehead atoms. The maximum absolute atomic E-state index is 11.9. The number of hydrogen-bond acceptors (Lipinski definition) is 3. The van der Waals surface area contributed by atoms with E-state index in [0.717, 1.165) is 0 Å². The van der Waals surface area contributed by atoms with Crippen molar-refractivity contribution in [2.75, 3.05) is 14.2 Å². The van der Waals surface area contributed by atoms with Gasteiger partial charge in [0.2, 0.25) is 0 Å². The van der Waals surface area contributed by atoms with E-state index in [4.69, 9.17) is 32.7 Å². The molecule has 0 N–H and O–H groups in total. The minimum absolute atomic E-state index is 0.0802. The topological polar surface area (TPSA) is 35.5 Å². The summed E-state index contributed by atoms with van der Waals surface area (Å²) in [6, 6.07) is 5.00. The first-order chi connectivity index (χ1) is 8.58. The molecule has 0 atom stereocenters. The summed E-state index contributed by atoms with van der Waals surface area (Å²) in [5.41, 5.74) is 0.409. The Morgan fingerprint density at radius 1 is 1.22 bits per heavy atom. The fraction of sp³-hybridized carbons (Fsp3) is 0.154. The molecule has 0 fully saturated rings. The Labute approximate surface area is 116 Å². The van der Waals surface area contributed by atoms with Gasteiger partial charge in [0, 0.05) is 0 Å². The van der Waals surface area contributed by atoms with Crippen LogP contribution in [-0.4, -0.2) is 20.0 Å². The van der Waals surface area contributed by atoms with Gasteiger partial charge in [-0.2, -0.15) is 0 Å². The monoisotopic (exact) mass is 286 g/mol. The van der Waals surface area contributed by atoms with Gasteiger partial charge in [-0.1, -0.05) is 29.3 Å². The zero-order valence-corrected chi connectivity index (χ0v) is 11.5. The molecule has 0 saturated carbocycles. The fourth-order valence-electron chi connectivity index (χ4n) is 1.30. The number of carbonyl (C=O) groups is 1. The second-order valence-electron chi connectivity index (χ2n) is 3.25. The molecule has 3 nitrogen and oxygen atoms in total. The Morgan fingerprint density at radius 3 is 2.50 bits per heavy atom. The van der Waals surface area contributed by atoms with E-state index in [1.807, 2.05) is 0 Å². The highest BCUT2D eigenvalue weighted by atomic mass is 35.5. The lowest BCUT2D eigenvalue weighted by Crippen LogP contribution is -1.99. The minimum Gasteiger partial charge on any atom is -0.497 e. The molecule has 96 valence electrons. The highest BCUT2D eigenvalue weighted by Gasteiger charge is 2.10. The standard InChI is InChI=1S/C13H12Cl2O3/c1-17-9-6-7-12(18-2)10(8-9)11(16)4-3-5-13(14)15/h3-8H,1-2H3. The molecule has 0 amide bonds. The van der Waals surface area contributed by atoms with Gasteiger partial charge in [-0.15, -0.1) is 0 Å². The molecular weight excluding hydrogens is 275 g/mol. The van der Waals surface area contributed by atoms with Gasteiger partial charge in [0.1, 0.15) is 16.0 Å². The van der Waals surface area contributed by atoms with Crippen LogP contribution in [0.15, 0.2) is 40.9 Å². The van der Waals surface area contributed by atoms with Crippen LogP contribution < -0.4 is 9.47 Å². The van der Waals surface area contributed by atoms with Crippen molar-refractivity contribution in [3.05, 3.63) is 46.5 Å². The Hall–Kier alpha value is -1.45. The summed E-state index contributed by atoms with van der Waals surface area (Å²) < 4.78 is 10.3. The zero-order valence-electron chi connectivity index (χ0n) is 9.94. The van der Waals surface area contributed by atoms with Crippen molar-refractivity contribution in [1.29, 1.82) is 0 Å². The first-order valence-corrected chi connectivity index (χ1v) is 5.79. The van der Waals surface area contributed by atoms with Crippen molar-refractivity contribution < 1.29 is 14.3 Å². The SMILES string of the molecule is COc1ccc(OC)c(C(=O)C=CC=C(Cl)Cl)c1. The van der Waals surface area contributed by atoms with Gasteiger partial charge in [-0.25, -0.2) is 0 Å². The summed E-state index contributed by atoms with van der Waals surface area (Å²) in [7, 11) is 3.03. The second kappa shape index (κ2) is 7.09. The largest absolute Gasteiger partial charge is 0.497 e. The van der Waals surface area contributed by atoms with Crippen molar-refractivity contribution >= 4 is 29.0 Å². The molecule has 18 heavy (non-hydrogen) atoms. The van der Waals surface area contributed by atoms with Crippen LogP contribution in [0.3, 0.4) is 0 Å². The van der Waals surface area contributed by atoms with Gasteiger partial charge < -0.3 is 9.47 Å². The van der Waals surface area contributed by atoms with E-state index in [9.17, 15) is 4.79 Å². The highest BCUT2D eigenvalue weighted by Crippen LogP contribution is 2.24. The number of methoxy groups -OCH3 is 2. The number of allylic oxidation sites excluding steroid dienone is 3. The predicted molar refractivity (Wildman–Crippen MR) is 72.8 cm³/mol. The zero-order chi connectivity index (χ0) is 13.5. The molecular formula is C13H12Cl2O3. The Balaban J connectivity index is 3.03. The number of rotatable bonds is 5. The van der Waals surface area contributed by atoms with E-state index in [2.05, 4.69) is 0 Å². The quantitative estimate of drug-likeness (QED) is 0.470. The molecule has 0 heterocycles. The molecule has 0 saturated heterocycles. The Morgan fingerprint density at radius 2 is 1.94 bits per heavy atom. The van der Waals surface area contributed by atoms with Gasteiger partial charge in [-0.05, 0) is 30.4 Å². The van der Waals surface area contributed by atoms with Crippen LogP contribution in [0, 0.1) is 0 Å². The van der Waals surface area contributed by atoms with E-state index in [-0.39, 0.29) is 10.3 Å². The first-order valence-electron chi connectivity index (χ1n) is 5.04. The van der Waals surface area contributed by atoms with E-state index in [0.29, 0.717) is 17.1 Å². The van der Waals surface area contributed by atoms with Gasteiger partial charge in [0.05, 0.1) is 19.8 Å². The minimum atomic E-state index is -0.225. The summed E-state index contributed by atoms with van der Waals surface area (Å²) in [5, 5.41) is 0. The van der Waals surface area contributed by atoms with Crippen LogP contribution in [0.4, 0.5) is 0 Å². The van der Waals surface area contributed by atoms with Crippen molar-refractivity contribution in [2.24, 2.45) is 0 Å². The van der Waals surface area contributed by atoms with E-state index in [1.54, 1.807) is 18.2 Å². The van der Waals surface area contributed by atoms with Gasteiger partial charge in [0.15, 0.2) is 5.78 Å². The molecule has 0 aliphatic heterocycles. The van der Waals surface area contributed by atoms with Crippen molar-refractivity contribution in [1.82, 2.24) is 0 Å². The van der Waals surface area contributed by atoms with Crippen LogP contribution in [-0.2, 0) is 0 Å². The lowest BCUT2D eigenvalue weighted by atomic mass is 10.1. The van der Waals surface area contributed by atoms with E-state index in [1.165, 1.54) is 32.4 Å². The second-order valence-corrected chi connectivity index (χ2v) is 4.25. The number of ketones is 1. The molecule has 0 spiro atoms. The third kappa shape index (κ3) is 4.09. The maximum atomic E-state index is 11.9.